The summed E-state index contributed by atoms with van der Waals surface area (Å²) in [5.74, 6) is -0.288. The van der Waals surface area contributed by atoms with E-state index in [0.29, 0.717) is 13.2 Å². The van der Waals surface area contributed by atoms with Gasteiger partial charge in [0.25, 0.3) is 0 Å². The van der Waals surface area contributed by atoms with Gasteiger partial charge in [-0.05, 0) is 27.9 Å². The molecule has 0 bridgehead atoms. The molecule has 0 aliphatic heterocycles. The van der Waals surface area contributed by atoms with Gasteiger partial charge in [0.2, 0.25) is 0 Å². The monoisotopic (exact) mass is 189 g/mol. The first-order valence-corrected chi connectivity index (χ1v) is 4.51. The summed E-state index contributed by atoms with van der Waals surface area (Å²) in [6.07, 6.45) is -0.452. The molecule has 0 fully saturated rings. The Bertz CT molecular complexity index is 148. The molecule has 0 radical (unpaired) electrons. The number of likely N-dealkylation sites (N-methyl/N-ethyl adjacent to an activating group) is 1. The normalized spacial score (nSPS) is 13.0. The summed E-state index contributed by atoms with van der Waals surface area (Å²) in [7, 11) is 3.86. The number of hydrogen-bond acceptors (Lipinski definition) is 4. The number of hydrogen-bond donors (Lipinski definition) is 0. The molecular weight excluding hydrogens is 170 g/mol. The molecule has 0 aliphatic rings. The molecule has 1 atom stereocenters. The van der Waals surface area contributed by atoms with Crippen molar-refractivity contribution in [2.45, 2.75) is 20.0 Å². The Labute approximate surface area is 79.8 Å². The van der Waals surface area contributed by atoms with E-state index in [1.165, 1.54) is 0 Å². The molecule has 4 nitrogen and oxygen atoms in total. The van der Waals surface area contributed by atoms with E-state index in [-0.39, 0.29) is 5.97 Å². The molecule has 0 aliphatic carbocycles. The van der Waals surface area contributed by atoms with Crippen LogP contribution in [0.1, 0.15) is 13.8 Å². The minimum atomic E-state index is -0.452. The molecule has 0 heterocycles. The van der Waals surface area contributed by atoms with Crippen LogP contribution in [0, 0.1) is 0 Å². The van der Waals surface area contributed by atoms with E-state index in [2.05, 4.69) is 0 Å². The van der Waals surface area contributed by atoms with Crippen LogP contribution in [0.5, 0.6) is 0 Å². The predicted molar refractivity (Wildman–Crippen MR) is 50.6 cm³/mol. The third-order valence-corrected chi connectivity index (χ3v) is 1.53. The van der Waals surface area contributed by atoms with Crippen LogP contribution in [0.4, 0.5) is 0 Å². The van der Waals surface area contributed by atoms with Crippen LogP contribution in [0.2, 0.25) is 0 Å². The first kappa shape index (κ1) is 12.4. The number of carbonyl (C=O) groups excluding carboxylic acids is 1. The first-order chi connectivity index (χ1) is 6.07. The molecular formula is C9H19NO3. The minimum absolute atomic E-state index is 0.288. The summed E-state index contributed by atoms with van der Waals surface area (Å²) in [5.41, 5.74) is 0. The number of rotatable bonds is 6. The fourth-order valence-corrected chi connectivity index (χ4v) is 0.764. The van der Waals surface area contributed by atoms with Crippen LogP contribution in [0.25, 0.3) is 0 Å². The van der Waals surface area contributed by atoms with Crippen LogP contribution in [-0.2, 0) is 14.3 Å². The highest BCUT2D eigenvalue weighted by Gasteiger charge is 2.13. The maximum Gasteiger partial charge on any atom is 0.334 e. The molecule has 0 aromatic carbocycles. The Hall–Kier alpha value is -0.610. The molecule has 1 unspecified atom stereocenters. The van der Waals surface area contributed by atoms with Gasteiger partial charge < -0.3 is 14.4 Å². The Morgan fingerprint density at radius 3 is 2.54 bits per heavy atom. The molecule has 0 spiro atoms. The van der Waals surface area contributed by atoms with Gasteiger partial charge in [0, 0.05) is 13.2 Å². The van der Waals surface area contributed by atoms with Crippen molar-refractivity contribution in [2.24, 2.45) is 0 Å². The molecule has 4 heteroatoms. The number of esters is 1. The quantitative estimate of drug-likeness (QED) is 0.571. The summed E-state index contributed by atoms with van der Waals surface area (Å²) in [6, 6.07) is 0. The van der Waals surface area contributed by atoms with Crippen LogP contribution in [0.15, 0.2) is 0 Å². The van der Waals surface area contributed by atoms with Crippen molar-refractivity contribution < 1.29 is 14.3 Å². The molecule has 0 aromatic heterocycles. The zero-order chi connectivity index (χ0) is 10.3. The van der Waals surface area contributed by atoms with Gasteiger partial charge in [-0.25, -0.2) is 4.79 Å². The molecule has 13 heavy (non-hydrogen) atoms. The van der Waals surface area contributed by atoms with Crippen molar-refractivity contribution in [1.82, 2.24) is 4.90 Å². The molecule has 78 valence electrons. The van der Waals surface area contributed by atoms with Crippen molar-refractivity contribution in [2.75, 3.05) is 33.9 Å². The van der Waals surface area contributed by atoms with Gasteiger partial charge in [-0.1, -0.05) is 0 Å². The van der Waals surface area contributed by atoms with Gasteiger partial charge in [0.1, 0.15) is 6.61 Å². The third-order valence-electron chi connectivity index (χ3n) is 1.53. The van der Waals surface area contributed by atoms with Crippen molar-refractivity contribution in [3.63, 3.8) is 0 Å². The standard InChI is InChI=1S/C9H19NO3/c1-5-12-8(2)9(11)13-7-6-10(3)4/h8H,5-7H2,1-4H3. The van der Waals surface area contributed by atoms with Crippen LogP contribution in [-0.4, -0.2) is 50.8 Å². The summed E-state index contributed by atoms with van der Waals surface area (Å²) >= 11 is 0. The van der Waals surface area contributed by atoms with Crippen molar-refractivity contribution in [3.8, 4) is 0 Å². The minimum Gasteiger partial charge on any atom is -0.462 e. The van der Waals surface area contributed by atoms with E-state index in [4.69, 9.17) is 9.47 Å². The lowest BCUT2D eigenvalue weighted by Crippen LogP contribution is -2.27. The highest BCUT2D eigenvalue weighted by Crippen LogP contribution is 1.94. The molecule has 0 rings (SSSR count). The molecule has 0 amide bonds. The number of carbonyl (C=O) groups is 1. The van der Waals surface area contributed by atoms with Crippen LogP contribution < -0.4 is 0 Å². The van der Waals surface area contributed by atoms with Crippen molar-refractivity contribution >= 4 is 5.97 Å². The maximum absolute atomic E-state index is 11.1. The molecule has 0 aromatic rings. The summed E-state index contributed by atoms with van der Waals surface area (Å²) < 4.78 is 10.0. The van der Waals surface area contributed by atoms with Crippen molar-refractivity contribution in [1.29, 1.82) is 0 Å². The zero-order valence-corrected chi connectivity index (χ0v) is 8.87. The lowest BCUT2D eigenvalue weighted by atomic mass is 10.4. The lowest BCUT2D eigenvalue weighted by molar-refractivity contribution is -0.155. The van der Waals surface area contributed by atoms with Gasteiger partial charge in [-0.2, -0.15) is 0 Å². The Balaban J connectivity index is 3.50. The van der Waals surface area contributed by atoms with Gasteiger partial charge in [-0.3, -0.25) is 0 Å². The molecule has 0 saturated heterocycles. The first-order valence-electron chi connectivity index (χ1n) is 4.51. The Morgan fingerprint density at radius 2 is 2.08 bits per heavy atom. The van der Waals surface area contributed by atoms with Gasteiger partial charge >= 0.3 is 5.97 Å². The fraction of sp³-hybridized carbons (Fsp3) is 0.889. The SMILES string of the molecule is CCOC(C)C(=O)OCCN(C)C. The average molecular weight is 189 g/mol. The van der Waals surface area contributed by atoms with E-state index < -0.39 is 6.10 Å². The predicted octanol–water partition coefficient (Wildman–Crippen LogP) is 0.516. The molecule has 0 N–H and O–H groups in total. The number of ether oxygens (including phenoxy) is 2. The van der Waals surface area contributed by atoms with Crippen LogP contribution >= 0.6 is 0 Å². The highest BCUT2D eigenvalue weighted by molar-refractivity contribution is 5.74. The van der Waals surface area contributed by atoms with E-state index in [9.17, 15) is 4.79 Å². The van der Waals surface area contributed by atoms with E-state index in [1.807, 2.05) is 25.9 Å². The Morgan fingerprint density at radius 1 is 1.46 bits per heavy atom. The zero-order valence-electron chi connectivity index (χ0n) is 8.87. The van der Waals surface area contributed by atoms with E-state index in [0.717, 1.165) is 6.54 Å². The third kappa shape index (κ3) is 6.54. The average Bonchev–Trinajstić information content (AvgIpc) is 2.04. The van der Waals surface area contributed by atoms with Gasteiger partial charge in [-0.15, -0.1) is 0 Å². The second-order valence-corrected chi connectivity index (χ2v) is 3.07. The van der Waals surface area contributed by atoms with E-state index >= 15 is 0 Å². The summed E-state index contributed by atoms with van der Waals surface area (Å²) in [5, 5.41) is 0. The summed E-state index contributed by atoms with van der Waals surface area (Å²) in [6.45, 7) is 5.24. The summed E-state index contributed by atoms with van der Waals surface area (Å²) in [4.78, 5) is 13.1. The Kier molecular flexibility index (Phi) is 6.54. The smallest absolute Gasteiger partial charge is 0.334 e. The lowest BCUT2D eigenvalue weighted by Gasteiger charge is -2.13. The second-order valence-electron chi connectivity index (χ2n) is 3.07. The highest BCUT2D eigenvalue weighted by atomic mass is 16.6. The second kappa shape index (κ2) is 6.86. The van der Waals surface area contributed by atoms with Crippen molar-refractivity contribution in [3.05, 3.63) is 0 Å². The van der Waals surface area contributed by atoms with Crippen LogP contribution in [0.3, 0.4) is 0 Å². The topological polar surface area (TPSA) is 38.8 Å². The fourth-order valence-electron chi connectivity index (χ4n) is 0.764. The number of nitrogens with zero attached hydrogens (tertiary/aromatic N) is 1. The van der Waals surface area contributed by atoms with Gasteiger partial charge in [0.05, 0.1) is 0 Å². The van der Waals surface area contributed by atoms with Gasteiger partial charge in [0.15, 0.2) is 6.10 Å². The molecule has 0 saturated carbocycles. The van der Waals surface area contributed by atoms with E-state index in [1.54, 1.807) is 6.92 Å². The maximum atomic E-state index is 11.1. The largest absolute Gasteiger partial charge is 0.462 e.